The number of hydrogen-bond acceptors (Lipinski definition) is 2. The molecule has 0 bridgehead atoms. The van der Waals surface area contributed by atoms with Gasteiger partial charge in [-0.1, -0.05) is 28.9 Å². The lowest BCUT2D eigenvalue weighted by molar-refractivity contribution is 0.100. The van der Waals surface area contributed by atoms with E-state index in [1.807, 2.05) is 0 Å². The maximum absolute atomic E-state index is 9.09. The van der Waals surface area contributed by atoms with E-state index in [2.05, 4.69) is 27.4 Å². The predicted octanol–water partition coefficient (Wildman–Crippen LogP) is 1.74. The number of rotatable bonds is 3. The largest absolute Gasteiger partial charge is 0.395 e. The highest BCUT2D eigenvalue weighted by molar-refractivity contribution is 9.11. The Labute approximate surface area is 82.4 Å². The second kappa shape index (κ2) is 5.00. The van der Waals surface area contributed by atoms with Crippen molar-refractivity contribution in [2.24, 2.45) is 0 Å². The minimum atomic E-state index is 0.278. The fourth-order valence-electron chi connectivity index (χ4n) is 1.70. The average Bonchev–Trinajstić information content (AvgIpc) is 2.04. The third-order valence-corrected chi connectivity index (χ3v) is 2.59. The van der Waals surface area contributed by atoms with Crippen LogP contribution in [0.2, 0.25) is 0 Å². The maximum Gasteiger partial charge on any atom is 0.0587 e. The molecule has 1 heterocycles. The molecule has 1 atom stereocenters. The summed E-state index contributed by atoms with van der Waals surface area (Å²) in [5.74, 6) is 0. The summed E-state index contributed by atoms with van der Waals surface area (Å²) in [4.78, 5) is 2.29. The Balaban J connectivity index is 2.41. The van der Waals surface area contributed by atoms with Crippen molar-refractivity contribution in [3.63, 3.8) is 0 Å². The molecule has 1 rings (SSSR count). The molecule has 1 saturated heterocycles. The van der Waals surface area contributed by atoms with Crippen molar-refractivity contribution >= 4 is 15.9 Å². The van der Waals surface area contributed by atoms with Crippen LogP contribution in [0.5, 0.6) is 0 Å². The van der Waals surface area contributed by atoms with Crippen LogP contribution < -0.4 is 0 Å². The van der Waals surface area contributed by atoms with E-state index in [1.165, 1.54) is 12.8 Å². The van der Waals surface area contributed by atoms with E-state index in [9.17, 15) is 0 Å². The summed E-state index contributed by atoms with van der Waals surface area (Å²) in [5, 5.41) is 9.09. The van der Waals surface area contributed by atoms with Crippen LogP contribution in [0.3, 0.4) is 0 Å². The summed E-state index contributed by atoms with van der Waals surface area (Å²) in [6.45, 7) is 6.05. The van der Waals surface area contributed by atoms with E-state index < -0.39 is 0 Å². The van der Waals surface area contributed by atoms with Crippen LogP contribution in [0, 0.1) is 0 Å². The van der Waals surface area contributed by atoms with E-state index in [1.54, 1.807) is 0 Å². The molecule has 0 spiro atoms. The van der Waals surface area contributed by atoms with Crippen LogP contribution in [0.4, 0.5) is 0 Å². The number of aliphatic hydroxyl groups is 1. The van der Waals surface area contributed by atoms with Gasteiger partial charge in [0.15, 0.2) is 0 Å². The van der Waals surface area contributed by atoms with Crippen molar-refractivity contribution in [1.29, 1.82) is 0 Å². The van der Waals surface area contributed by atoms with Gasteiger partial charge in [0.2, 0.25) is 0 Å². The Morgan fingerprint density at radius 1 is 1.58 bits per heavy atom. The molecule has 2 nitrogen and oxygen atoms in total. The monoisotopic (exact) mass is 233 g/mol. The topological polar surface area (TPSA) is 23.5 Å². The van der Waals surface area contributed by atoms with Crippen molar-refractivity contribution in [1.82, 2.24) is 4.90 Å². The van der Waals surface area contributed by atoms with Crippen LogP contribution in [-0.2, 0) is 0 Å². The van der Waals surface area contributed by atoms with Crippen LogP contribution in [-0.4, -0.2) is 35.7 Å². The normalized spacial score (nSPS) is 25.7. The van der Waals surface area contributed by atoms with Crippen molar-refractivity contribution in [2.45, 2.75) is 25.3 Å². The highest BCUT2D eigenvalue weighted by atomic mass is 79.9. The first-order valence-corrected chi connectivity index (χ1v) is 5.21. The molecular formula is C9H16BrNO. The summed E-state index contributed by atoms with van der Waals surface area (Å²) in [7, 11) is 0. The first-order valence-electron chi connectivity index (χ1n) is 4.42. The fraction of sp³-hybridized carbons (Fsp3) is 0.778. The summed E-state index contributed by atoms with van der Waals surface area (Å²) < 4.78 is 1.00. The molecule has 1 aliphatic heterocycles. The van der Waals surface area contributed by atoms with Gasteiger partial charge in [0.25, 0.3) is 0 Å². The van der Waals surface area contributed by atoms with Gasteiger partial charge in [-0.05, 0) is 19.4 Å². The predicted molar refractivity (Wildman–Crippen MR) is 54.4 cm³/mol. The molecular weight excluding hydrogens is 218 g/mol. The highest BCUT2D eigenvalue weighted by Crippen LogP contribution is 2.18. The lowest BCUT2D eigenvalue weighted by Crippen LogP contribution is -2.42. The third kappa shape index (κ3) is 2.88. The van der Waals surface area contributed by atoms with Gasteiger partial charge in [-0.15, -0.1) is 0 Å². The second-order valence-electron chi connectivity index (χ2n) is 3.32. The maximum atomic E-state index is 9.09. The van der Waals surface area contributed by atoms with Crippen molar-refractivity contribution < 1.29 is 5.11 Å². The quantitative estimate of drug-likeness (QED) is 0.804. The summed E-state index contributed by atoms with van der Waals surface area (Å²) >= 11 is 3.35. The first kappa shape index (κ1) is 10.2. The number of halogens is 1. The molecule has 12 heavy (non-hydrogen) atoms. The minimum Gasteiger partial charge on any atom is -0.395 e. The van der Waals surface area contributed by atoms with Gasteiger partial charge in [0, 0.05) is 17.1 Å². The van der Waals surface area contributed by atoms with Crippen molar-refractivity contribution in [3.05, 3.63) is 11.1 Å². The Hall–Kier alpha value is 0.140. The summed E-state index contributed by atoms with van der Waals surface area (Å²) in [6, 6.07) is 0.355. The lowest BCUT2D eigenvalue weighted by atomic mass is 10.0. The molecule has 1 unspecified atom stereocenters. The molecule has 1 N–H and O–H groups in total. The average molecular weight is 234 g/mol. The molecule has 0 aliphatic carbocycles. The highest BCUT2D eigenvalue weighted by Gasteiger charge is 2.20. The molecule has 0 amide bonds. The van der Waals surface area contributed by atoms with Crippen LogP contribution >= 0.6 is 15.9 Å². The van der Waals surface area contributed by atoms with Crippen LogP contribution in [0.1, 0.15) is 19.3 Å². The molecule has 0 aromatic heterocycles. The van der Waals surface area contributed by atoms with Crippen LogP contribution in [0.25, 0.3) is 0 Å². The Morgan fingerprint density at radius 3 is 2.92 bits per heavy atom. The molecule has 1 aliphatic rings. The lowest BCUT2D eigenvalue weighted by Gasteiger charge is -2.34. The second-order valence-corrected chi connectivity index (χ2v) is 4.44. The van der Waals surface area contributed by atoms with Crippen LogP contribution in [0.15, 0.2) is 11.1 Å². The number of hydrogen-bond donors (Lipinski definition) is 1. The Bertz CT molecular complexity index is 161. The van der Waals surface area contributed by atoms with Gasteiger partial charge in [0.1, 0.15) is 0 Å². The van der Waals surface area contributed by atoms with E-state index in [0.29, 0.717) is 6.04 Å². The van der Waals surface area contributed by atoms with E-state index in [0.717, 1.165) is 24.0 Å². The zero-order valence-electron chi connectivity index (χ0n) is 7.30. The fourth-order valence-corrected chi connectivity index (χ4v) is 2.02. The van der Waals surface area contributed by atoms with Crippen molar-refractivity contribution in [3.8, 4) is 0 Å². The molecule has 0 saturated carbocycles. The smallest absolute Gasteiger partial charge is 0.0587 e. The number of likely N-dealkylation sites (tertiary alicyclic amines) is 1. The number of nitrogens with zero attached hydrogens (tertiary/aromatic N) is 1. The molecule has 0 aromatic rings. The molecule has 1 fully saturated rings. The number of aliphatic hydroxyl groups excluding tert-OH is 1. The summed E-state index contributed by atoms with van der Waals surface area (Å²) in [6.07, 6.45) is 3.62. The third-order valence-electron chi connectivity index (χ3n) is 2.33. The Kier molecular flexibility index (Phi) is 4.26. The van der Waals surface area contributed by atoms with Gasteiger partial charge in [-0.2, -0.15) is 0 Å². The zero-order chi connectivity index (χ0) is 8.97. The van der Waals surface area contributed by atoms with Gasteiger partial charge in [-0.25, -0.2) is 0 Å². The van der Waals surface area contributed by atoms with E-state index in [-0.39, 0.29) is 6.61 Å². The zero-order valence-corrected chi connectivity index (χ0v) is 8.89. The van der Waals surface area contributed by atoms with Crippen molar-refractivity contribution in [2.75, 3.05) is 19.7 Å². The first-order chi connectivity index (χ1) is 5.74. The summed E-state index contributed by atoms with van der Waals surface area (Å²) in [5.41, 5.74) is 0. The molecule has 0 radical (unpaired) electrons. The Morgan fingerprint density at radius 2 is 2.33 bits per heavy atom. The van der Waals surface area contributed by atoms with E-state index >= 15 is 0 Å². The van der Waals surface area contributed by atoms with Gasteiger partial charge in [0.05, 0.1) is 6.61 Å². The number of piperidine rings is 1. The molecule has 3 heteroatoms. The van der Waals surface area contributed by atoms with Gasteiger partial charge >= 0.3 is 0 Å². The van der Waals surface area contributed by atoms with Gasteiger partial charge < -0.3 is 5.11 Å². The standard InChI is InChI=1S/C9H16BrNO/c1-8(10)6-11-5-3-2-4-9(11)7-12/h9,12H,1-7H2. The molecule has 70 valence electrons. The minimum absolute atomic E-state index is 0.278. The molecule has 0 aromatic carbocycles. The SMILES string of the molecule is C=C(Br)CN1CCCCC1CO. The van der Waals surface area contributed by atoms with E-state index in [4.69, 9.17) is 5.11 Å². The van der Waals surface area contributed by atoms with Gasteiger partial charge in [-0.3, -0.25) is 4.90 Å².